The number of aromatic nitrogens is 1. The van der Waals surface area contributed by atoms with Gasteiger partial charge in [-0.2, -0.15) is 0 Å². The van der Waals surface area contributed by atoms with Crippen molar-refractivity contribution < 1.29 is 9.53 Å². The van der Waals surface area contributed by atoms with E-state index in [0.29, 0.717) is 31.9 Å². The SMILES string of the molecule is C/C(C#Cc1ccc2c(c1)NCN2)=C\Nc1ccc(-c2ccc(C(=O)N3CCOCC3)cc2)cn1. The van der Waals surface area contributed by atoms with Crippen molar-refractivity contribution in [2.24, 2.45) is 0 Å². The minimum atomic E-state index is 0.0487. The van der Waals surface area contributed by atoms with E-state index in [9.17, 15) is 4.79 Å². The van der Waals surface area contributed by atoms with Gasteiger partial charge in [-0.1, -0.05) is 24.0 Å². The molecule has 0 spiro atoms. The molecule has 1 saturated heterocycles. The summed E-state index contributed by atoms with van der Waals surface area (Å²) in [5.41, 5.74) is 6.75. The number of fused-ring (bicyclic) bond motifs is 1. The van der Waals surface area contributed by atoms with Crippen LogP contribution in [0.2, 0.25) is 0 Å². The number of carbonyl (C=O) groups excluding carboxylic acids is 1. The first kappa shape index (κ1) is 22.5. The third kappa shape index (κ3) is 5.45. The Morgan fingerprint density at radius 2 is 1.80 bits per heavy atom. The van der Waals surface area contributed by atoms with Crippen LogP contribution in [0.4, 0.5) is 17.2 Å². The summed E-state index contributed by atoms with van der Waals surface area (Å²) in [5, 5.41) is 9.74. The van der Waals surface area contributed by atoms with E-state index in [0.717, 1.165) is 46.1 Å². The van der Waals surface area contributed by atoms with Crippen LogP contribution in [0.1, 0.15) is 22.8 Å². The Bertz CT molecular complexity index is 1300. The molecule has 3 heterocycles. The number of ether oxygens (including phenoxy) is 1. The van der Waals surface area contributed by atoms with Crippen molar-refractivity contribution in [2.45, 2.75) is 6.92 Å². The van der Waals surface area contributed by atoms with Crippen LogP contribution in [-0.2, 0) is 4.74 Å². The molecule has 3 N–H and O–H groups in total. The van der Waals surface area contributed by atoms with Crippen molar-refractivity contribution in [1.29, 1.82) is 0 Å². The van der Waals surface area contributed by atoms with Crippen LogP contribution in [0.25, 0.3) is 11.1 Å². The highest BCUT2D eigenvalue weighted by atomic mass is 16.5. The summed E-state index contributed by atoms with van der Waals surface area (Å²) in [7, 11) is 0. The zero-order chi connectivity index (χ0) is 24.0. The number of nitrogens with zero attached hydrogens (tertiary/aromatic N) is 2. The summed E-state index contributed by atoms with van der Waals surface area (Å²) in [6, 6.07) is 17.7. The lowest BCUT2D eigenvalue weighted by Gasteiger charge is -2.26. The van der Waals surface area contributed by atoms with Gasteiger partial charge >= 0.3 is 0 Å². The molecule has 1 fully saturated rings. The van der Waals surface area contributed by atoms with Gasteiger partial charge in [0.2, 0.25) is 0 Å². The van der Waals surface area contributed by atoms with Crippen LogP contribution < -0.4 is 16.0 Å². The zero-order valence-corrected chi connectivity index (χ0v) is 19.6. The molecule has 7 heteroatoms. The van der Waals surface area contributed by atoms with Crippen LogP contribution >= 0.6 is 0 Å². The second kappa shape index (κ2) is 10.3. The largest absolute Gasteiger partial charge is 0.378 e. The number of morpholine rings is 1. The lowest BCUT2D eigenvalue weighted by molar-refractivity contribution is 0.0303. The first-order valence-electron chi connectivity index (χ1n) is 11.7. The van der Waals surface area contributed by atoms with Gasteiger partial charge in [-0.05, 0) is 55.0 Å². The van der Waals surface area contributed by atoms with E-state index >= 15 is 0 Å². The van der Waals surface area contributed by atoms with Gasteiger partial charge in [-0.15, -0.1) is 0 Å². The highest BCUT2D eigenvalue weighted by molar-refractivity contribution is 5.94. The summed E-state index contributed by atoms with van der Waals surface area (Å²) in [5.74, 6) is 7.15. The Morgan fingerprint density at radius 1 is 1.03 bits per heavy atom. The van der Waals surface area contributed by atoms with E-state index in [1.165, 1.54) is 0 Å². The first-order valence-corrected chi connectivity index (χ1v) is 11.7. The van der Waals surface area contributed by atoms with Gasteiger partial charge in [0, 0.05) is 47.7 Å². The number of hydrogen-bond acceptors (Lipinski definition) is 6. The number of benzene rings is 2. The van der Waals surface area contributed by atoms with Crippen LogP contribution in [0.3, 0.4) is 0 Å². The van der Waals surface area contributed by atoms with Crippen LogP contribution in [0.5, 0.6) is 0 Å². The van der Waals surface area contributed by atoms with Crippen LogP contribution in [0.15, 0.2) is 72.6 Å². The molecule has 2 aromatic carbocycles. The Labute approximate surface area is 205 Å². The summed E-state index contributed by atoms with van der Waals surface area (Å²) >= 11 is 0. The molecule has 0 radical (unpaired) electrons. The predicted molar refractivity (Wildman–Crippen MR) is 139 cm³/mol. The maximum atomic E-state index is 12.6. The first-order chi connectivity index (χ1) is 17.2. The van der Waals surface area contributed by atoms with Gasteiger partial charge < -0.3 is 25.6 Å². The third-order valence-corrected chi connectivity index (χ3v) is 5.94. The number of anilines is 3. The second-order valence-electron chi connectivity index (χ2n) is 8.43. The summed E-state index contributed by atoms with van der Waals surface area (Å²) < 4.78 is 5.33. The fraction of sp³-hybridized carbons (Fsp3) is 0.214. The highest BCUT2D eigenvalue weighted by Gasteiger charge is 2.18. The van der Waals surface area contributed by atoms with E-state index < -0.39 is 0 Å². The van der Waals surface area contributed by atoms with E-state index in [4.69, 9.17) is 4.74 Å². The summed E-state index contributed by atoms with van der Waals surface area (Å²) in [6.07, 6.45) is 3.68. The summed E-state index contributed by atoms with van der Waals surface area (Å²) in [4.78, 5) is 19.0. The second-order valence-corrected chi connectivity index (χ2v) is 8.43. The molecule has 1 amide bonds. The minimum Gasteiger partial charge on any atom is -0.378 e. The number of allylic oxidation sites excluding steroid dienone is 1. The molecule has 7 nitrogen and oxygen atoms in total. The van der Waals surface area contributed by atoms with E-state index in [-0.39, 0.29) is 5.91 Å². The number of nitrogens with one attached hydrogen (secondary N) is 3. The molecular formula is C28H27N5O2. The summed E-state index contributed by atoms with van der Waals surface area (Å²) in [6.45, 7) is 5.19. The van der Waals surface area contributed by atoms with Crippen molar-refractivity contribution >= 4 is 23.1 Å². The molecule has 35 heavy (non-hydrogen) atoms. The highest BCUT2D eigenvalue weighted by Crippen LogP contribution is 2.26. The minimum absolute atomic E-state index is 0.0487. The molecule has 0 aliphatic carbocycles. The zero-order valence-electron chi connectivity index (χ0n) is 19.6. The molecule has 0 bridgehead atoms. The number of pyridine rings is 1. The van der Waals surface area contributed by atoms with E-state index in [1.807, 2.05) is 78.8 Å². The Balaban J connectivity index is 1.19. The molecule has 0 atom stereocenters. The fourth-order valence-electron chi connectivity index (χ4n) is 3.95. The van der Waals surface area contributed by atoms with Crippen molar-refractivity contribution in [3.63, 3.8) is 0 Å². The normalized spacial score (nSPS) is 14.8. The quantitative estimate of drug-likeness (QED) is 0.497. The van der Waals surface area contributed by atoms with Gasteiger partial charge in [-0.3, -0.25) is 4.79 Å². The monoisotopic (exact) mass is 465 g/mol. The smallest absolute Gasteiger partial charge is 0.254 e. The fourth-order valence-corrected chi connectivity index (χ4v) is 3.95. The van der Waals surface area contributed by atoms with Gasteiger partial charge in [0.15, 0.2) is 0 Å². The Hall–Kier alpha value is -4.28. The third-order valence-electron chi connectivity index (χ3n) is 5.94. The standard InChI is InChI=1S/C28H27N5O2/c1-20(2-3-21-4-10-25-26(16-21)32-19-31-25)17-29-27-11-9-24(18-30-27)22-5-7-23(8-6-22)28(34)33-12-14-35-15-13-33/h4-11,16-18,31-32H,12-15,19H2,1H3,(H,29,30)/b20-17+. The maximum Gasteiger partial charge on any atom is 0.254 e. The topological polar surface area (TPSA) is 78.5 Å². The number of rotatable bonds is 4. The molecule has 176 valence electrons. The van der Waals surface area contributed by atoms with Crippen molar-refractivity contribution in [3.8, 4) is 23.0 Å². The van der Waals surface area contributed by atoms with Gasteiger partial charge in [-0.25, -0.2) is 4.98 Å². The van der Waals surface area contributed by atoms with Gasteiger partial charge in [0.25, 0.3) is 5.91 Å². The lowest BCUT2D eigenvalue weighted by Crippen LogP contribution is -2.40. The molecule has 1 aromatic heterocycles. The van der Waals surface area contributed by atoms with Crippen molar-refractivity contribution in [1.82, 2.24) is 9.88 Å². The van der Waals surface area contributed by atoms with Crippen molar-refractivity contribution in [2.75, 3.05) is 48.9 Å². The van der Waals surface area contributed by atoms with Crippen LogP contribution in [-0.4, -0.2) is 48.8 Å². The van der Waals surface area contributed by atoms with E-state index in [2.05, 4.69) is 32.8 Å². The lowest BCUT2D eigenvalue weighted by atomic mass is 10.0. The molecule has 0 saturated carbocycles. The molecule has 2 aliphatic rings. The average Bonchev–Trinajstić information content (AvgIpc) is 3.39. The molecule has 5 rings (SSSR count). The maximum absolute atomic E-state index is 12.6. The van der Waals surface area contributed by atoms with Crippen LogP contribution in [0, 0.1) is 11.8 Å². The Kier molecular flexibility index (Phi) is 6.64. The Morgan fingerprint density at radius 3 is 2.57 bits per heavy atom. The van der Waals surface area contributed by atoms with E-state index in [1.54, 1.807) is 0 Å². The number of carbonyl (C=O) groups is 1. The van der Waals surface area contributed by atoms with Crippen molar-refractivity contribution in [3.05, 3.63) is 83.7 Å². The average molecular weight is 466 g/mol. The van der Waals surface area contributed by atoms with Gasteiger partial charge in [0.1, 0.15) is 5.82 Å². The molecule has 0 unspecified atom stereocenters. The molecular weight excluding hydrogens is 438 g/mol. The van der Waals surface area contributed by atoms with Gasteiger partial charge in [0.05, 0.1) is 31.3 Å². The molecule has 3 aromatic rings. The number of hydrogen-bond donors (Lipinski definition) is 3. The number of amides is 1. The molecule has 2 aliphatic heterocycles. The predicted octanol–water partition coefficient (Wildman–Crippen LogP) is 4.38.